The summed E-state index contributed by atoms with van der Waals surface area (Å²) in [7, 11) is 0. The van der Waals surface area contributed by atoms with E-state index in [0.717, 1.165) is 41.6 Å². The van der Waals surface area contributed by atoms with Gasteiger partial charge in [-0.1, -0.05) is 74.9 Å². The molecule has 3 aromatic rings. The summed E-state index contributed by atoms with van der Waals surface area (Å²) in [6.45, 7) is 10.7. The van der Waals surface area contributed by atoms with Crippen molar-refractivity contribution >= 4 is 38.2 Å². The highest BCUT2D eigenvalue weighted by Gasteiger charge is 2.30. The van der Waals surface area contributed by atoms with Crippen molar-refractivity contribution in [2.45, 2.75) is 58.7 Å². The summed E-state index contributed by atoms with van der Waals surface area (Å²) in [6, 6.07) is 12.6. The van der Waals surface area contributed by atoms with E-state index in [4.69, 9.17) is 10.7 Å². The number of para-hydroxylation sites is 1. The van der Waals surface area contributed by atoms with Crippen LogP contribution in [-0.2, 0) is 6.18 Å². The normalized spacial score (nSPS) is 13.6. The Morgan fingerprint density at radius 2 is 1.95 bits per heavy atom. The minimum absolute atomic E-state index is 0.382. The van der Waals surface area contributed by atoms with Crippen molar-refractivity contribution < 1.29 is 13.2 Å². The van der Waals surface area contributed by atoms with Crippen LogP contribution in [0.15, 0.2) is 72.0 Å². The Morgan fingerprint density at radius 3 is 2.59 bits per heavy atom. The molecule has 37 heavy (non-hydrogen) atoms. The van der Waals surface area contributed by atoms with Crippen LogP contribution in [-0.4, -0.2) is 28.3 Å². The van der Waals surface area contributed by atoms with Crippen LogP contribution in [0.2, 0.25) is 0 Å². The van der Waals surface area contributed by atoms with Gasteiger partial charge in [-0.25, -0.2) is 9.98 Å². The lowest BCUT2D eigenvalue weighted by atomic mass is 10.1. The first-order valence-electron chi connectivity index (χ1n) is 12.4. The van der Waals surface area contributed by atoms with Crippen LogP contribution in [0.25, 0.3) is 15.9 Å². The highest BCUT2D eigenvalue weighted by atomic mass is 32.1. The van der Waals surface area contributed by atoms with E-state index >= 15 is 0 Å². The van der Waals surface area contributed by atoms with Crippen LogP contribution in [0, 0.1) is 0 Å². The average Bonchev–Trinajstić information content (AvgIpc) is 3.26. The number of nitrogens with zero attached hydrogens (tertiary/aromatic N) is 3. The summed E-state index contributed by atoms with van der Waals surface area (Å²) in [4.78, 5) is 11.4. The van der Waals surface area contributed by atoms with Gasteiger partial charge in [0.25, 0.3) is 0 Å². The zero-order chi connectivity index (χ0) is 27.0. The van der Waals surface area contributed by atoms with Gasteiger partial charge in [0.2, 0.25) is 0 Å². The number of benzene rings is 2. The molecule has 198 valence electrons. The molecule has 1 unspecified atom stereocenters. The number of rotatable bonds is 11. The number of hydrogen-bond donors (Lipinski definition) is 2. The maximum absolute atomic E-state index is 13.4. The zero-order valence-electron chi connectivity index (χ0n) is 21.5. The summed E-state index contributed by atoms with van der Waals surface area (Å²) in [5.41, 5.74) is 7.39. The van der Waals surface area contributed by atoms with Gasteiger partial charge in [-0.15, -0.1) is 0 Å². The van der Waals surface area contributed by atoms with Crippen LogP contribution < -0.4 is 11.1 Å². The fraction of sp³-hybridized carbons (Fsp3) is 0.357. The van der Waals surface area contributed by atoms with E-state index in [9.17, 15) is 13.2 Å². The number of aliphatic imine (C=N–C) groups is 1. The first-order chi connectivity index (χ1) is 17.6. The predicted octanol–water partition coefficient (Wildman–Crippen LogP) is 7.89. The van der Waals surface area contributed by atoms with Gasteiger partial charge in [-0.05, 0) is 44.0 Å². The van der Waals surface area contributed by atoms with Crippen molar-refractivity contribution in [3.8, 4) is 0 Å². The second kappa shape index (κ2) is 12.9. The number of aromatic nitrogens is 1. The summed E-state index contributed by atoms with van der Waals surface area (Å²) in [5.74, 6) is 1.08. The summed E-state index contributed by atoms with van der Waals surface area (Å²) < 4.78 is 41.2. The highest BCUT2D eigenvalue weighted by Crippen LogP contribution is 2.32. The third kappa shape index (κ3) is 7.66. The quantitative estimate of drug-likeness (QED) is 0.151. The molecule has 0 fully saturated rings. The van der Waals surface area contributed by atoms with Gasteiger partial charge in [-0.3, -0.25) is 0 Å². The number of fused-ring (bicyclic) bond motifs is 1. The lowest BCUT2D eigenvalue weighted by Crippen LogP contribution is -2.43. The second-order valence-corrected chi connectivity index (χ2v) is 9.78. The molecule has 0 bridgehead atoms. The number of nitrogens with two attached hydrogens (primary N) is 1. The molecule has 0 saturated heterocycles. The van der Waals surface area contributed by atoms with E-state index in [1.807, 2.05) is 49.1 Å². The maximum atomic E-state index is 13.4. The fourth-order valence-electron chi connectivity index (χ4n) is 3.83. The SMILES string of the molecule is C=C(Nc1nc2ccccc2s1)N(CCCCC)C(=N/C(=C\CC)c1cccc(C(F)(F)F)c1)C(C)N. The Balaban J connectivity index is 1.99. The molecular weight excluding hydrogens is 495 g/mol. The van der Waals surface area contributed by atoms with E-state index < -0.39 is 17.8 Å². The van der Waals surface area contributed by atoms with Crippen molar-refractivity contribution in [3.63, 3.8) is 0 Å². The monoisotopic (exact) mass is 529 g/mol. The smallest absolute Gasteiger partial charge is 0.322 e. The maximum Gasteiger partial charge on any atom is 0.416 e. The molecule has 0 amide bonds. The van der Waals surface area contributed by atoms with Crippen molar-refractivity contribution in [2.24, 2.45) is 10.7 Å². The molecule has 0 spiro atoms. The van der Waals surface area contributed by atoms with E-state index in [2.05, 4.69) is 23.8 Å². The third-order valence-electron chi connectivity index (χ3n) is 5.66. The van der Waals surface area contributed by atoms with Crippen LogP contribution in [0.5, 0.6) is 0 Å². The van der Waals surface area contributed by atoms with Gasteiger partial charge < -0.3 is 16.0 Å². The Morgan fingerprint density at radius 1 is 1.19 bits per heavy atom. The zero-order valence-corrected chi connectivity index (χ0v) is 22.3. The van der Waals surface area contributed by atoms with Crippen LogP contribution in [0.3, 0.4) is 0 Å². The van der Waals surface area contributed by atoms with Crippen LogP contribution in [0.1, 0.15) is 57.6 Å². The number of hydrogen-bond acceptors (Lipinski definition) is 5. The summed E-state index contributed by atoms with van der Waals surface area (Å²) in [6.07, 6.45) is 0.875. The topological polar surface area (TPSA) is 66.5 Å². The molecule has 0 radical (unpaired) electrons. The van der Waals surface area contributed by atoms with Gasteiger partial charge in [0.1, 0.15) is 11.7 Å². The minimum atomic E-state index is -4.44. The molecule has 1 atom stereocenters. The summed E-state index contributed by atoms with van der Waals surface area (Å²) >= 11 is 1.52. The molecule has 0 aliphatic heterocycles. The molecule has 5 nitrogen and oxygen atoms in total. The van der Waals surface area contributed by atoms with Gasteiger partial charge in [0.15, 0.2) is 5.13 Å². The summed E-state index contributed by atoms with van der Waals surface area (Å²) in [5, 5.41) is 3.99. The Labute approximate surface area is 220 Å². The molecule has 1 aromatic heterocycles. The first kappa shape index (κ1) is 28.4. The van der Waals surface area contributed by atoms with Gasteiger partial charge in [0, 0.05) is 12.1 Å². The minimum Gasteiger partial charge on any atom is -0.322 e. The number of alkyl halides is 3. The predicted molar refractivity (Wildman–Crippen MR) is 149 cm³/mol. The van der Waals surface area contributed by atoms with Crippen molar-refractivity contribution in [1.82, 2.24) is 9.88 Å². The standard InChI is InChI=1S/C28H34F3N5S/c1-5-7-10-17-36(20(4)33-27-35-24-15-8-9-16-25(24)37-27)26(19(3)32)34-23(12-6-2)21-13-11-14-22(18-21)28(29,30)31/h8-9,11-16,18-19H,4-7,10,17,32H2,1-3H3,(H,33,35)/b23-12-,34-26?. The number of amidine groups is 1. The Bertz CT molecular complexity index is 1230. The molecule has 0 saturated carbocycles. The molecule has 0 aliphatic rings. The molecule has 9 heteroatoms. The molecule has 3 rings (SSSR count). The van der Waals surface area contributed by atoms with Crippen LogP contribution >= 0.6 is 11.3 Å². The number of anilines is 1. The molecule has 0 aliphatic carbocycles. The lowest BCUT2D eigenvalue weighted by molar-refractivity contribution is -0.137. The van der Waals surface area contributed by atoms with E-state index in [0.29, 0.717) is 41.0 Å². The van der Waals surface area contributed by atoms with Crippen molar-refractivity contribution in [2.75, 3.05) is 11.9 Å². The number of nitrogens with one attached hydrogen (secondary N) is 1. The van der Waals surface area contributed by atoms with Gasteiger partial charge in [0.05, 0.1) is 27.5 Å². The molecule has 3 N–H and O–H groups in total. The number of thiazole rings is 1. The third-order valence-corrected chi connectivity index (χ3v) is 6.61. The van der Waals surface area contributed by atoms with E-state index in [-0.39, 0.29) is 0 Å². The number of allylic oxidation sites excluding steroid dienone is 1. The van der Waals surface area contributed by atoms with Gasteiger partial charge in [-0.2, -0.15) is 13.2 Å². The van der Waals surface area contributed by atoms with E-state index in [1.54, 1.807) is 6.07 Å². The van der Waals surface area contributed by atoms with Crippen LogP contribution in [0.4, 0.5) is 18.3 Å². The average molecular weight is 530 g/mol. The van der Waals surface area contributed by atoms with Gasteiger partial charge >= 0.3 is 6.18 Å². The highest BCUT2D eigenvalue weighted by molar-refractivity contribution is 7.22. The van der Waals surface area contributed by atoms with Crippen molar-refractivity contribution in [3.05, 3.63) is 78.1 Å². The lowest BCUT2D eigenvalue weighted by Gasteiger charge is -2.30. The Hall–Kier alpha value is -3.17. The molecule has 1 heterocycles. The van der Waals surface area contributed by atoms with E-state index in [1.165, 1.54) is 17.4 Å². The fourth-order valence-corrected chi connectivity index (χ4v) is 4.72. The largest absolute Gasteiger partial charge is 0.416 e. The first-order valence-corrected chi connectivity index (χ1v) is 13.3. The number of halogens is 3. The molecule has 2 aromatic carbocycles. The second-order valence-electron chi connectivity index (χ2n) is 8.75. The Kier molecular flexibility index (Phi) is 9.88. The molecular formula is C28H34F3N5S. The number of unbranched alkanes of at least 4 members (excludes halogenated alkanes) is 2. The van der Waals surface area contributed by atoms with Crippen molar-refractivity contribution in [1.29, 1.82) is 0 Å².